The summed E-state index contributed by atoms with van der Waals surface area (Å²) < 4.78 is 13.2. The van der Waals surface area contributed by atoms with Crippen molar-refractivity contribution in [3.8, 4) is 11.5 Å². The number of fused-ring (bicyclic) bond motifs is 2. The highest BCUT2D eigenvalue weighted by molar-refractivity contribution is 5.94. The molecule has 5 rings (SSSR count). The number of hydrogen-bond acceptors (Lipinski definition) is 4. The van der Waals surface area contributed by atoms with Crippen LogP contribution in [-0.2, 0) is 26.3 Å². The Kier molecular flexibility index (Phi) is 5.37. The Bertz CT molecular complexity index is 1090. The molecule has 1 amide bonds. The first-order valence-electron chi connectivity index (χ1n) is 11.0. The lowest BCUT2D eigenvalue weighted by Gasteiger charge is -2.23. The van der Waals surface area contributed by atoms with Gasteiger partial charge in [-0.05, 0) is 55.4 Å². The van der Waals surface area contributed by atoms with Crippen molar-refractivity contribution in [3.05, 3.63) is 76.6 Å². The van der Waals surface area contributed by atoms with E-state index in [1.54, 1.807) is 4.68 Å². The lowest BCUT2D eigenvalue weighted by molar-refractivity contribution is 0.0925. The quantitative estimate of drug-likeness (QED) is 0.686. The topological polar surface area (TPSA) is 65.4 Å². The van der Waals surface area contributed by atoms with Gasteiger partial charge < -0.3 is 14.8 Å². The summed E-state index contributed by atoms with van der Waals surface area (Å²) in [5.41, 5.74) is 5.02. The Balaban J connectivity index is 1.46. The molecular weight excluding hydrogens is 390 g/mol. The van der Waals surface area contributed by atoms with Crippen LogP contribution in [0.2, 0.25) is 0 Å². The number of carbonyl (C=O) groups is 1. The minimum absolute atomic E-state index is 0.0750. The Hall–Kier alpha value is -3.28. The number of carbonyl (C=O) groups excluding carboxylic acids is 1. The number of amides is 1. The fraction of sp³-hybridized carbons (Fsp3) is 0.360. The van der Waals surface area contributed by atoms with Crippen molar-refractivity contribution in [1.82, 2.24) is 15.1 Å². The minimum Gasteiger partial charge on any atom is -0.486 e. The van der Waals surface area contributed by atoms with Crippen molar-refractivity contribution in [1.29, 1.82) is 0 Å². The van der Waals surface area contributed by atoms with E-state index >= 15 is 0 Å². The zero-order chi connectivity index (χ0) is 21.2. The molecule has 0 fully saturated rings. The normalized spacial score (nSPS) is 15.8. The number of hydrogen-bond donors (Lipinski definition) is 1. The molecule has 31 heavy (non-hydrogen) atoms. The van der Waals surface area contributed by atoms with Crippen molar-refractivity contribution in [3.63, 3.8) is 0 Å². The first-order valence-corrected chi connectivity index (χ1v) is 11.0. The van der Waals surface area contributed by atoms with Crippen LogP contribution < -0.4 is 14.8 Å². The van der Waals surface area contributed by atoms with Gasteiger partial charge in [0.05, 0.1) is 11.7 Å². The molecule has 0 unspecified atom stereocenters. The fourth-order valence-corrected chi connectivity index (χ4v) is 4.57. The van der Waals surface area contributed by atoms with E-state index in [4.69, 9.17) is 9.47 Å². The van der Waals surface area contributed by atoms with E-state index in [1.165, 1.54) is 0 Å². The SMILES string of the molecule is Cn1nc2c(c1C(=O)N[C@@H](Cc1ccccc1)c1ccc3c(c1)OCCO3)CCCC2. The highest BCUT2D eigenvalue weighted by Crippen LogP contribution is 2.34. The summed E-state index contributed by atoms with van der Waals surface area (Å²) >= 11 is 0. The van der Waals surface area contributed by atoms with Gasteiger partial charge in [-0.25, -0.2) is 0 Å². The van der Waals surface area contributed by atoms with Crippen LogP contribution in [0.1, 0.15) is 51.8 Å². The number of aromatic nitrogens is 2. The molecule has 0 saturated carbocycles. The van der Waals surface area contributed by atoms with E-state index in [2.05, 4.69) is 22.5 Å². The van der Waals surface area contributed by atoms with E-state index in [1.807, 2.05) is 43.4 Å². The van der Waals surface area contributed by atoms with E-state index in [9.17, 15) is 4.79 Å². The molecule has 1 aliphatic heterocycles. The number of rotatable bonds is 5. The van der Waals surface area contributed by atoms with E-state index in [0.29, 0.717) is 25.3 Å². The van der Waals surface area contributed by atoms with Gasteiger partial charge in [0.15, 0.2) is 11.5 Å². The zero-order valence-electron chi connectivity index (χ0n) is 17.8. The van der Waals surface area contributed by atoms with Crippen molar-refractivity contribution in [2.45, 2.75) is 38.1 Å². The molecule has 160 valence electrons. The number of benzene rings is 2. The van der Waals surface area contributed by atoms with Gasteiger partial charge in [0.1, 0.15) is 18.9 Å². The highest BCUT2D eigenvalue weighted by atomic mass is 16.6. The third-order valence-electron chi connectivity index (χ3n) is 6.09. The molecule has 0 saturated heterocycles. The molecule has 1 atom stereocenters. The third-order valence-corrected chi connectivity index (χ3v) is 6.09. The lowest BCUT2D eigenvalue weighted by Crippen LogP contribution is -2.32. The summed E-state index contributed by atoms with van der Waals surface area (Å²) in [5, 5.41) is 7.90. The van der Waals surface area contributed by atoms with Crippen molar-refractivity contribution in [2.24, 2.45) is 7.05 Å². The molecule has 2 aromatic carbocycles. The van der Waals surface area contributed by atoms with Crippen molar-refractivity contribution >= 4 is 5.91 Å². The van der Waals surface area contributed by atoms with Crippen molar-refractivity contribution < 1.29 is 14.3 Å². The van der Waals surface area contributed by atoms with Crippen LogP contribution in [0.4, 0.5) is 0 Å². The second-order valence-corrected chi connectivity index (χ2v) is 8.22. The summed E-state index contributed by atoms with van der Waals surface area (Å²) in [4.78, 5) is 13.4. The number of nitrogens with one attached hydrogen (secondary N) is 1. The molecule has 0 spiro atoms. The number of aryl methyl sites for hydroxylation is 2. The Labute approximate surface area is 182 Å². The predicted molar refractivity (Wildman–Crippen MR) is 118 cm³/mol. The standard InChI is InChI=1S/C25H27N3O3/c1-28-24(19-9-5-6-10-20(19)27-28)25(29)26-21(15-17-7-3-2-4-8-17)18-11-12-22-23(16-18)31-14-13-30-22/h2-4,7-8,11-12,16,21H,5-6,9-10,13-15H2,1H3,(H,26,29)/t21-/m0/s1. The van der Waals surface area contributed by atoms with E-state index < -0.39 is 0 Å². The third kappa shape index (κ3) is 4.02. The Morgan fingerprint density at radius 3 is 2.68 bits per heavy atom. The monoisotopic (exact) mass is 417 g/mol. The Morgan fingerprint density at radius 1 is 1.06 bits per heavy atom. The van der Waals surface area contributed by atoms with Gasteiger partial charge in [-0.2, -0.15) is 5.10 Å². The van der Waals surface area contributed by atoms with Gasteiger partial charge in [-0.3, -0.25) is 9.48 Å². The second kappa shape index (κ2) is 8.46. The molecule has 0 radical (unpaired) electrons. The van der Waals surface area contributed by atoms with Gasteiger partial charge >= 0.3 is 0 Å². The first kappa shape index (κ1) is 19.7. The molecule has 1 aromatic heterocycles. The summed E-state index contributed by atoms with van der Waals surface area (Å²) in [7, 11) is 1.86. The zero-order valence-corrected chi connectivity index (χ0v) is 17.8. The van der Waals surface area contributed by atoms with Crippen LogP contribution in [0.25, 0.3) is 0 Å². The summed E-state index contributed by atoms with van der Waals surface area (Å²) in [6.45, 7) is 1.09. The maximum Gasteiger partial charge on any atom is 0.270 e. The van der Waals surface area contributed by atoms with Crippen LogP contribution in [0.3, 0.4) is 0 Å². The predicted octanol–water partition coefficient (Wildman–Crippen LogP) is 3.78. The fourth-order valence-electron chi connectivity index (χ4n) is 4.57. The summed E-state index contributed by atoms with van der Waals surface area (Å²) in [5.74, 6) is 1.41. The van der Waals surface area contributed by atoms with Gasteiger partial charge in [0.2, 0.25) is 0 Å². The van der Waals surface area contributed by atoms with Crippen LogP contribution in [0.15, 0.2) is 48.5 Å². The average Bonchev–Trinajstić information content (AvgIpc) is 3.14. The molecule has 0 bridgehead atoms. The average molecular weight is 418 g/mol. The number of nitrogens with zero attached hydrogens (tertiary/aromatic N) is 2. The first-order chi connectivity index (χ1) is 15.2. The molecule has 1 aliphatic carbocycles. The maximum atomic E-state index is 13.4. The van der Waals surface area contributed by atoms with E-state index in [-0.39, 0.29) is 11.9 Å². The van der Waals surface area contributed by atoms with Crippen LogP contribution >= 0.6 is 0 Å². The molecule has 2 aliphatic rings. The molecule has 6 heteroatoms. The van der Waals surface area contributed by atoms with Crippen molar-refractivity contribution in [2.75, 3.05) is 13.2 Å². The smallest absolute Gasteiger partial charge is 0.270 e. The number of ether oxygens (including phenoxy) is 2. The van der Waals surface area contributed by atoms with Crippen LogP contribution in [0.5, 0.6) is 11.5 Å². The maximum absolute atomic E-state index is 13.4. The van der Waals surface area contributed by atoms with Gasteiger partial charge in [-0.1, -0.05) is 36.4 Å². The van der Waals surface area contributed by atoms with Gasteiger partial charge in [0.25, 0.3) is 5.91 Å². The van der Waals surface area contributed by atoms with Crippen LogP contribution in [0, 0.1) is 0 Å². The molecule has 6 nitrogen and oxygen atoms in total. The molecule has 3 aromatic rings. The highest BCUT2D eigenvalue weighted by Gasteiger charge is 2.26. The van der Waals surface area contributed by atoms with Gasteiger partial charge in [-0.15, -0.1) is 0 Å². The lowest BCUT2D eigenvalue weighted by atomic mass is 9.95. The molecular formula is C25H27N3O3. The van der Waals surface area contributed by atoms with E-state index in [0.717, 1.165) is 59.6 Å². The molecule has 2 heterocycles. The van der Waals surface area contributed by atoms with Crippen LogP contribution in [-0.4, -0.2) is 28.9 Å². The summed E-state index contributed by atoms with van der Waals surface area (Å²) in [6.07, 6.45) is 4.80. The van der Waals surface area contributed by atoms with Gasteiger partial charge in [0, 0.05) is 12.6 Å². The minimum atomic E-state index is -0.195. The summed E-state index contributed by atoms with van der Waals surface area (Å²) in [6, 6.07) is 16.0. The second-order valence-electron chi connectivity index (χ2n) is 8.22. The molecule has 1 N–H and O–H groups in total. The largest absolute Gasteiger partial charge is 0.486 e. The Morgan fingerprint density at radius 2 is 1.84 bits per heavy atom.